The Morgan fingerprint density at radius 2 is 1.73 bits per heavy atom. The van der Waals surface area contributed by atoms with Crippen molar-refractivity contribution in [2.24, 2.45) is 0 Å². The number of halogens is 3. The Bertz CT molecular complexity index is 805. The van der Waals surface area contributed by atoms with Crippen molar-refractivity contribution in [3.05, 3.63) is 65.0 Å². The van der Waals surface area contributed by atoms with E-state index in [0.717, 1.165) is 11.6 Å². The highest BCUT2D eigenvalue weighted by molar-refractivity contribution is 5.94. The normalized spacial score (nSPS) is 15.2. The van der Waals surface area contributed by atoms with Crippen molar-refractivity contribution in [1.82, 2.24) is 9.80 Å². The first-order valence-electron chi connectivity index (χ1n) is 8.27. The minimum atomic E-state index is -0.855. The number of carbonyl (C=O) groups is 1. The second-order valence-corrected chi connectivity index (χ2v) is 6.16. The van der Waals surface area contributed by atoms with Crippen molar-refractivity contribution >= 4 is 5.91 Å². The molecule has 1 aliphatic rings. The zero-order valence-corrected chi connectivity index (χ0v) is 14.3. The molecule has 0 aliphatic carbocycles. The summed E-state index contributed by atoms with van der Waals surface area (Å²) in [6, 6.07) is 7.77. The lowest BCUT2D eigenvalue weighted by molar-refractivity contribution is 0.0623. The van der Waals surface area contributed by atoms with Gasteiger partial charge >= 0.3 is 0 Å². The van der Waals surface area contributed by atoms with Gasteiger partial charge in [0, 0.05) is 38.8 Å². The summed E-state index contributed by atoms with van der Waals surface area (Å²) in [6.45, 7) is 2.57. The van der Waals surface area contributed by atoms with Gasteiger partial charge in [-0.05, 0) is 29.8 Å². The first-order valence-corrected chi connectivity index (χ1v) is 8.27. The number of nitrogens with zero attached hydrogens (tertiary/aromatic N) is 2. The molecular formula is C19H19F3N2O2. The third-order valence-electron chi connectivity index (χ3n) is 4.44. The van der Waals surface area contributed by atoms with Crippen LogP contribution in [0, 0.1) is 17.5 Å². The lowest BCUT2D eigenvalue weighted by atomic mass is 10.1. The summed E-state index contributed by atoms with van der Waals surface area (Å²) >= 11 is 0. The smallest absolute Gasteiger partial charge is 0.256 e. The Labute approximate surface area is 149 Å². The molecule has 0 radical (unpaired) electrons. The lowest BCUT2D eigenvalue weighted by Gasteiger charge is -2.34. The van der Waals surface area contributed by atoms with E-state index in [1.807, 2.05) is 0 Å². The van der Waals surface area contributed by atoms with Gasteiger partial charge in [-0.1, -0.05) is 6.07 Å². The molecular weight excluding hydrogens is 345 g/mol. The van der Waals surface area contributed by atoms with Gasteiger partial charge in [0.25, 0.3) is 5.91 Å². The second kappa shape index (κ2) is 7.78. The van der Waals surface area contributed by atoms with Crippen LogP contribution in [0.3, 0.4) is 0 Å². The van der Waals surface area contributed by atoms with Crippen LogP contribution >= 0.6 is 0 Å². The topological polar surface area (TPSA) is 32.8 Å². The Morgan fingerprint density at radius 1 is 1.00 bits per heavy atom. The van der Waals surface area contributed by atoms with Crippen LogP contribution < -0.4 is 4.74 Å². The minimum Gasteiger partial charge on any atom is -0.494 e. The van der Waals surface area contributed by atoms with Crippen LogP contribution in [0.2, 0.25) is 0 Å². The summed E-state index contributed by atoms with van der Waals surface area (Å²) < 4.78 is 45.4. The largest absolute Gasteiger partial charge is 0.494 e. The molecule has 4 nitrogen and oxygen atoms in total. The maximum atomic E-state index is 13.8. The van der Waals surface area contributed by atoms with Gasteiger partial charge in [-0.25, -0.2) is 13.2 Å². The Kier molecular flexibility index (Phi) is 5.46. The van der Waals surface area contributed by atoms with Crippen molar-refractivity contribution in [2.75, 3.05) is 33.3 Å². The molecule has 1 heterocycles. The van der Waals surface area contributed by atoms with Crippen LogP contribution in [-0.4, -0.2) is 49.0 Å². The van der Waals surface area contributed by atoms with Crippen LogP contribution in [0.1, 0.15) is 15.9 Å². The molecule has 0 aromatic heterocycles. The van der Waals surface area contributed by atoms with Crippen molar-refractivity contribution in [1.29, 1.82) is 0 Å². The number of rotatable bonds is 4. The van der Waals surface area contributed by atoms with E-state index < -0.39 is 23.4 Å². The van der Waals surface area contributed by atoms with E-state index in [1.54, 1.807) is 17.0 Å². The number of piperazine rings is 1. The molecule has 0 N–H and O–H groups in total. The van der Waals surface area contributed by atoms with Crippen LogP contribution in [0.5, 0.6) is 5.75 Å². The summed E-state index contributed by atoms with van der Waals surface area (Å²) in [5.41, 5.74) is 0.685. The first kappa shape index (κ1) is 18.3. The van der Waals surface area contributed by atoms with Crippen molar-refractivity contribution in [3.8, 4) is 5.75 Å². The zero-order chi connectivity index (χ0) is 18.7. The molecule has 0 bridgehead atoms. The Hall–Kier alpha value is -2.54. The maximum absolute atomic E-state index is 13.8. The fourth-order valence-corrected chi connectivity index (χ4v) is 3.01. The molecule has 26 heavy (non-hydrogen) atoms. The SMILES string of the molecule is COc1ccc(CN2CCN(C(=O)c3ccc(F)cc3F)CC2)cc1F. The van der Waals surface area contributed by atoms with Crippen molar-refractivity contribution in [2.45, 2.75) is 6.54 Å². The standard InChI is InChI=1S/C19H19F3N2O2/c1-26-18-5-2-13(10-17(18)22)12-23-6-8-24(9-7-23)19(25)15-4-3-14(20)11-16(15)21/h2-5,10-11H,6-9,12H2,1H3. The van der Waals surface area contributed by atoms with Gasteiger partial charge in [0.05, 0.1) is 12.7 Å². The molecule has 1 saturated heterocycles. The number of ether oxygens (including phenoxy) is 1. The highest BCUT2D eigenvalue weighted by Crippen LogP contribution is 2.20. The van der Waals surface area contributed by atoms with Crippen molar-refractivity contribution < 1.29 is 22.7 Å². The zero-order valence-electron chi connectivity index (χ0n) is 14.3. The fraction of sp³-hybridized carbons (Fsp3) is 0.316. The number of carbonyl (C=O) groups excluding carboxylic acids is 1. The molecule has 0 spiro atoms. The summed E-state index contributed by atoms with van der Waals surface area (Å²) in [5, 5.41) is 0. The average Bonchev–Trinajstić information content (AvgIpc) is 2.62. The maximum Gasteiger partial charge on any atom is 0.256 e. The molecule has 3 rings (SSSR count). The van der Waals surface area contributed by atoms with E-state index in [0.29, 0.717) is 38.8 Å². The van der Waals surface area contributed by atoms with E-state index >= 15 is 0 Å². The quantitative estimate of drug-likeness (QED) is 0.836. The van der Waals surface area contributed by atoms with E-state index in [1.165, 1.54) is 19.2 Å². The fourth-order valence-electron chi connectivity index (χ4n) is 3.01. The van der Waals surface area contributed by atoms with Gasteiger partial charge in [-0.2, -0.15) is 0 Å². The molecule has 0 unspecified atom stereocenters. The van der Waals surface area contributed by atoms with Gasteiger partial charge in [0.1, 0.15) is 11.6 Å². The van der Waals surface area contributed by atoms with Crippen LogP contribution in [0.4, 0.5) is 13.2 Å². The highest BCUT2D eigenvalue weighted by atomic mass is 19.1. The average molecular weight is 364 g/mol. The molecule has 7 heteroatoms. The van der Waals surface area contributed by atoms with Crippen LogP contribution in [0.25, 0.3) is 0 Å². The third-order valence-corrected chi connectivity index (χ3v) is 4.44. The van der Waals surface area contributed by atoms with Gasteiger partial charge < -0.3 is 9.64 Å². The Morgan fingerprint density at radius 3 is 2.35 bits per heavy atom. The van der Waals surface area contributed by atoms with E-state index in [-0.39, 0.29) is 11.3 Å². The van der Waals surface area contributed by atoms with Gasteiger partial charge in [0.15, 0.2) is 11.6 Å². The highest BCUT2D eigenvalue weighted by Gasteiger charge is 2.24. The van der Waals surface area contributed by atoms with Crippen LogP contribution in [-0.2, 0) is 6.54 Å². The molecule has 1 fully saturated rings. The summed E-state index contributed by atoms with van der Waals surface area (Å²) in [6.07, 6.45) is 0. The summed E-state index contributed by atoms with van der Waals surface area (Å²) in [4.78, 5) is 16.0. The van der Waals surface area contributed by atoms with Gasteiger partial charge in [-0.15, -0.1) is 0 Å². The monoisotopic (exact) mass is 364 g/mol. The van der Waals surface area contributed by atoms with E-state index in [9.17, 15) is 18.0 Å². The Balaban J connectivity index is 1.58. The summed E-state index contributed by atoms with van der Waals surface area (Å²) in [5.74, 6) is -2.23. The number of amides is 1. The number of hydrogen-bond acceptors (Lipinski definition) is 3. The number of hydrogen-bond donors (Lipinski definition) is 0. The van der Waals surface area contributed by atoms with Crippen molar-refractivity contribution in [3.63, 3.8) is 0 Å². The number of methoxy groups -OCH3 is 1. The molecule has 1 aliphatic heterocycles. The molecule has 0 saturated carbocycles. The van der Waals surface area contributed by atoms with E-state index in [4.69, 9.17) is 4.74 Å². The molecule has 0 atom stereocenters. The number of benzene rings is 2. The lowest BCUT2D eigenvalue weighted by Crippen LogP contribution is -2.48. The third kappa shape index (κ3) is 3.99. The predicted octanol–water partition coefficient (Wildman–Crippen LogP) is 3.07. The van der Waals surface area contributed by atoms with Gasteiger partial charge in [-0.3, -0.25) is 9.69 Å². The van der Waals surface area contributed by atoms with E-state index in [2.05, 4.69) is 4.90 Å². The minimum absolute atomic E-state index is 0.128. The molecule has 2 aromatic carbocycles. The molecule has 138 valence electrons. The van der Waals surface area contributed by atoms with Crippen LogP contribution in [0.15, 0.2) is 36.4 Å². The van der Waals surface area contributed by atoms with Gasteiger partial charge in [0.2, 0.25) is 0 Å². The molecule has 1 amide bonds. The first-order chi connectivity index (χ1) is 12.5. The second-order valence-electron chi connectivity index (χ2n) is 6.16. The molecule has 2 aromatic rings. The summed E-state index contributed by atoms with van der Waals surface area (Å²) in [7, 11) is 1.41. The predicted molar refractivity (Wildman–Crippen MR) is 90.5 cm³/mol.